The number of benzene rings is 2. The average molecular weight is 304 g/mol. The van der Waals surface area contributed by atoms with Gasteiger partial charge in [0.25, 0.3) is 5.91 Å². The Morgan fingerprint density at radius 1 is 1.17 bits per heavy atom. The van der Waals surface area contributed by atoms with Gasteiger partial charge in [-0.25, -0.2) is 0 Å². The molecule has 0 aliphatic carbocycles. The summed E-state index contributed by atoms with van der Waals surface area (Å²) >= 11 is 3.40. The first-order valence-corrected chi connectivity index (χ1v) is 6.54. The van der Waals surface area contributed by atoms with Crippen LogP contribution in [-0.4, -0.2) is 5.91 Å². The van der Waals surface area contributed by atoms with E-state index in [0.29, 0.717) is 12.1 Å². The predicted octanol–water partition coefficient (Wildman–Crippen LogP) is 3.69. The monoisotopic (exact) mass is 303 g/mol. The molecule has 0 fully saturated rings. The molecule has 0 saturated carbocycles. The molecule has 0 atom stereocenters. The van der Waals surface area contributed by atoms with Crippen molar-refractivity contribution in [3.8, 4) is 0 Å². The maximum absolute atomic E-state index is 12.0. The van der Waals surface area contributed by atoms with Crippen molar-refractivity contribution in [1.82, 2.24) is 5.32 Å². The largest absolute Gasteiger partial charge is 0.348 e. The quantitative estimate of drug-likeness (QED) is 0.920. The maximum Gasteiger partial charge on any atom is 0.252 e. The van der Waals surface area contributed by atoms with Crippen LogP contribution in [0, 0.1) is 6.92 Å². The number of amides is 1. The molecule has 0 aliphatic heterocycles. The first kappa shape index (κ1) is 12.8. The smallest absolute Gasteiger partial charge is 0.252 e. The van der Waals surface area contributed by atoms with Crippen molar-refractivity contribution in [3.63, 3.8) is 0 Å². The van der Waals surface area contributed by atoms with Crippen LogP contribution in [-0.2, 0) is 6.54 Å². The van der Waals surface area contributed by atoms with Crippen LogP contribution in [0.25, 0.3) is 0 Å². The number of rotatable bonds is 3. The lowest BCUT2D eigenvalue weighted by molar-refractivity contribution is 0.0950. The molecule has 0 aliphatic rings. The number of nitrogens with one attached hydrogen (secondary N) is 1. The summed E-state index contributed by atoms with van der Waals surface area (Å²) in [5, 5.41) is 2.91. The van der Waals surface area contributed by atoms with Gasteiger partial charge in [0, 0.05) is 11.0 Å². The molecule has 2 aromatic carbocycles. The van der Waals surface area contributed by atoms with Crippen LogP contribution in [0.1, 0.15) is 21.5 Å². The van der Waals surface area contributed by atoms with Gasteiger partial charge in [0.05, 0.1) is 5.56 Å². The Labute approximate surface area is 115 Å². The molecule has 1 N–H and O–H groups in total. The van der Waals surface area contributed by atoms with Crippen molar-refractivity contribution in [2.45, 2.75) is 13.5 Å². The third kappa shape index (κ3) is 3.20. The lowest BCUT2D eigenvalue weighted by Crippen LogP contribution is -2.23. The van der Waals surface area contributed by atoms with Crippen molar-refractivity contribution in [3.05, 3.63) is 69.7 Å². The lowest BCUT2D eigenvalue weighted by atomic mass is 10.1. The van der Waals surface area contributed by atoms with E-state index in [4.69, 9.17) is 0 Å². The summed E-state index contributed by atoms with van der Waals surface area (Å²) in [6.07, 6.45) is 0. The zero-order valence-electron chi connectivity index (χ0n) is 10.1. The highest BCUT2D eigenvalue weighted by Gasteiger charge is 2.09. The second-order valence-corrected chi connectivity index (χ2v) is 5.01. The van der Waals surface area contributed by atoms with E-state index in [0.717, 1.165) is 15.6 Å². The summed E-state index contributed by atoms with van der Waals surface area (Å²) in [6.45, 7) is 2.51. The van der Waals surface area contributed by atoms with E-state index in [9.17, 15) is 4.79 Å². The highest BCUT2D eigenvalue weighted by Crippen LogP contribution is 2.18. The van der Waals surface area contributed by atoms with E-state index in [1.54, 1.807) is 0 Å². The number of carbonyl (C=O) groups excluding carboxylic acids is 1. The van der Waals surface area contributed by atoms with Gasteiger partial charge >= 0.3 is 0 Å². The minimum absolute atomic E-state index is 0.0607. The number of hydrogen-bond donors (Lipinski definition) is 1. The molecule has 0 radical (unpaired) electrons. The SMILES string of the molecule is Cc1ccc(Br)c(C(=O)NCc2ccccc2)c1. The van der Waals surface area contributed by atoms with Crippen LogP contribution in [0.15, 0.2) is 53.0 Å². The van der Waals surface area contributed by atoms with Gasteiger partial charge in [-0.1, -0.05) is 42.0 Å². The average Bonchev–Trinajstić information content (AvgIpc) is 2.40. The van der Waals surface area contributed by atoms with Crippen LogP contribution in [0.3, 0.4) is 0 Å². The number of aryl methyl sites for hydroxylation is 1. The van der Waals surface area contributed by atoms with Crippen molar-refractivity contribution < 1.29 is 4.79 Å². The zero-order valence-corrected chi connectivity index (χ0v) is 11.7. The first-order valence-electron chi connectivity index (χ1n) is 5.75. The zero-order chi connectivity index (χ0) is 13.0. The van der Waals surface area contributed by atoms with Gasteiger partial charge in [-0.3, -0.25) is 4.79 Å². The molecule has 2 rings (SSSR count). The highest BCUT2D eigenvalue weighted by atomic mass is 79.9. The van der Waals surface area contributed by atoms with E-state index in [1.807, 2.05) is 55.5 Å². The number of hydrogen-bond acceptors (Lipinski definition) is 1. The van der Waals surface area contributed by atoms with Crippen LogP contribution in [0.2, 0.25) is 0 Å². The van der Waals surface area contributed by atoms with Crippen LogP contribution in [0.4, 0.5) is 0 Å². The van der Waals surface area contributed by atoms with Gasteiger partial charge < -0.3 is 5.32 Å². The minimum Gasteiger partial charge on any atom is -0.348 e. The molecule has 92 valence electrons. The highest BCUT2D eigenvalue weighted by molar-refractivity contribution is 9.10. The Balaban J connectivity index is 2.06. The van der Waals surface area contributed by atoms with Crippen molar-refractivity contribution >= 4 is 21.8 Å². The third-order valence-electron chi connectivity index (χ3n) is 2.66. The molecule has 0 heterocycles. The molecular weight excluding hydrogens is 290 g/mol. The molecule has 1 amide bonds. The fourth-order valence-electron chi connectivity index (χ4n) is 1.69. The van der Waals surface area contributed by atoms with Crippen LogP contribution < -0.4 is 5.32 Å². The first-order chi connectivity index (χ1) is 8.66. The molecule has 0 aromatic heterocycles. The summed E-state index contributed by atoms with van der Waals surface area (Å²) in [5.41, 5.74) is 2.84. The number of halogens is 1. The minimum atomic E-state index is -0.0607. The van der Waals surface area contributed by atoms with Crippen LogP contribution >= 0.6 is 15.9 Å². The number of carbonyl (C=O) groups is 1. The van der Waals surface area contributed by atoms with E-state index < -0.39 is 0 Å². The lowest BCUT2D eigenvalue weighted by Gasteiger charge is -2.07. The Kier molecular flexibility index (Phi) is 4.15. The second-order valence-electron chi connectivity index (χ2n) is 4.15. The third-order valence-corrected chi connectivity index (χ3v) is 3.35. The predicted molar refractivity (Wildman–Crippen MR) is 76.5 cm³/mol. The summed E-state index contributed by atoms with van der Waals surface area (Å²) in [7, 11) is 0. The maximum atomic E-state index is 12.0. The van der Waals surface area contributed by atoms with E-state index in [1.165, 1.54) is 0 Å². The Hall–Kier alpha value is -1.61. The molecule has 0 spiro atoms. The van der Waals surface area contributed by atoms with E-state index >= 15 is 0 Å². The second kappa shape index (κ2) is 5.83. The Bertz CT molecular complexity index is 552. The van der Waals surface area contributed by atoms with Gasteiger partial charge in [-0.2, -0.15) is 0 Å². The molecular formula is C15H14BrNO. The van der Waals surface area contributed by atoms with Crippen LogP contribution in [0.5, 0.6) is 0 Å². The molecule has 0 unspecified atom stereocenters. The fraction of sp³-hybridized carbons (Fsp3) is 0.133. The summed E-state index contributed by atoms with van der Waals surface area (Å²) in [4.78, 5) is 12.0. The molecule has 18 heavy (non-hydrogen) atoms. The Morgan fingerprint density at radius 2 is 1.89 bits per heavy atom. The summed E-state index contributed by atoms with van der Waals surface area (Å²) in [5.74, 6) is -0.0607. The molecule has 3 heteroatoms. The van der Waals surface area contributed by atoms with Crippen molar-refractivity contribution in [2.24, 2.45) is 0 Å². The van der Waals surface area contributed by atoms with Gasteiger partial charge in [0.2, 0.25) is 0 Å². The van der Waals surface area contributed by atoms with E-state index in [-0.39, 0.29) is 5.91 Å². The molecule has 0 saturated heterocycles. The van der Waals surface area contributed by atoms with E-state index in [2.05, 4.69) is 21.2 Å². The van der Waals surface area contributed by atoms with Crippen molar-refractivity contribution in [1.29, 1.82) is 0 Å². The summed E-state index contributed by atoms with van der Waals surface area (Å²) < 4.78 is 0.818. The normalized spacial score (nSPS) is 10.1. The molecule has 2 nitrogen and oxygen atoms in total. The van der Waals surface area contributed by atoms with Gasteiger partial charge in [0.15, 0.2) is 0 Å². The fourth-order valence-corrected chi connectivity index (χ4v) is 2.11. The molecule has 2 aromatic rings. The summed E-state index contributed by atoms with van der Waals surface area (Å²) in [6, 6.07) is 15.6. The molecule has 0 bridgehead atoms. The van der Waals surface area contributed by atoms with Gasteiger partial charge in [-0.15, -0.1) is 0 Å². The standard InChI is InChI=1S/C15H14BrNO/c1-11-7-8-14(16)13(9-11)15(18)17-10-12-5-3-2-4-6-12/h2-9H,10H2,1H3,(H,17,18). The Morgan fingerprint density at radius 3 is 2.61 bits per heavy atom. The topological polar surface area (TPSA) is 29.1 Å². The van der Waals surface area contributed by atoms with Crippen molar-refractivity contribution in [2.75, 3.05) is 0 Å². The van der Waals surface area contributed by atoms with Gasteiger partial charge in [0.1, 0.15) is 0 Å². The van der Waals surface area contributed by atoms with Gasteiger partial charge in [-0.05, 0) is 40.5 Å².